The van der Waals surface area contributed by atoms with E-state index in [0.29, 0.717) is 26.0 Å². The van der Waals surface area contributed by atoms with Crippen LogP contribution in [0.2, 0.25) is 0 Å². The van der Waals surface area contributed by atoms with Gasteiger partial charge < -0.3 is 15.8 Å². The summed E-state index contributed by atoms with van der Waals surface area (Å²) in [6, 6.07) is 7.60. The number of nitrogens with two attached hydrogens (primary N) is 1. The Morgan fingerprint density at radius 2 is 2.33 bits per heavy atom. The van der Waals surface area contributed by atoms with E-state index in [-0.39, 0.29) is 5.91 Å². The van der Waals surface area contributed by atoms with Gasteiger partial charge in [0.05, 0.1) is 12.9 Å². The highest BCUT2D eigenvalue weighted by Gasteiger charge is 2.01. The van der Waals surface area contributed by atoms with Crippen molar-refractivity contribution in [3.05, 3.63) is 42.7 Å². The fourth-order valence-electron chi connectivity index (χ4n) is 1.56. The van der Waals surface area contributed by atoms with E-state index in [0.717, 1.165) is 17.7 Å². The Labute approximate surface area is 108 Å². The van der Waals surface area contributed by atoms with Crippen molar-refractivity contribution in [2.45, 2.75) is 19.3 Å². The molecule has 1 rings (SSSR count). The molecule has 1 aromatic rings. The van der Waals surface area contributed by atoms with Crippen molar-refractivity contribution in [3.8, 4) is 0 Å². The molecule has 4 heteroatoms. The van der Waals surface area contributed by atoms with Gasteiger partial charge in [0, 0.05) is 18.7 Å². The lowest BCUT2D eigenvalue weighted by molar-refractivity contribution is -0.121. The van der Waals surface area contributed by atoms with Crippen molar-refractivity contribution in [1.82, 2.24) is 5.32 Å². The number of nitrogen functional groups attached to an aromatic ring is 1. The van der Waals surface area contributed by atoms with E-state index < -0.39 is 0 Å². The van der Waals surface area contributed by atoms with Gasteiger partial charge in [0.25, 0.3) is 0 Å². The predicted octanol–water partition coefficient (Wildman–Crippen LogP) is 1.87. The topological polar surface area (TPSA) is 64.3 Å². The summed E-state index contributed by atoms with van der Waals surface area (Å²) in [6.07, 6.45) is 3.38. The SMILES string of the molecule is C=COCCCNC(=O)CCc1cccc(N)c1. The third kappa shape index (κ3) is 5.94. The number of amides is 1. The largest absolute Gasteiger partial charge is 0.502 e. The standard InChI is InChI=1S/C14H20N2O2/c1-2-18-10-4-9-16-14(17)8-7-12-5-3-6-13(15)11-12/h2-3,5-6,11H,1,4,7-10,15H2,(H,16,17). The molecule has 4 nitrogen and oxygen atoms in total. The normalized spacial score (nSPS) is 9.78. The summed E-state index contributed by atoms with van der Waals surface area (Å²) in [7, 11) is 0. The van der Waals surface area contributed by atoms with Gasteiger partial charge in [0.1, 0.15) is 0 Å². The fourth-order valence-corrected chi connectivity index (χ4v) is 1.56. The molecule has 0 aliphatic rings. The minimum Gasteiger partial charge on any atom is -0.502 e. The van der Waals surface area contributed by atoms with E-state index in [2.05, 4.69) is 11.9 Å². The first-order valence-corrected chi connectivity index (χ1v) is 6.06. The van der Waals surface area contributed by atoms with Gasteiger partial charge in [-0.05, 0) is 30.5 Å². The maximum absolute atomic E-state index is 11.5. The molecule has 18 heavy (non-hydrogen) atoms. The lowest BCUT2D eigenvalue weighted by Crippen LogP contribution is -2.25. The molecule has 0 radical (unpaired) electrons. The van der Waals surface area contributed by atoms with Crippen LogP contribution in [0, 0.1) is 0 Å². The van der Waals surface area contributed by atoms with Crippen LogP contribution >= 0.6 is 0 Å². The smallest absolute Gasteiger partial charge is 0.220 e. The van der Waals surface area contributed by atoms with E-state index in [4.69, 9.17) is 10.5 Å². The Hall–Kier alpha value is -1.97. The number of carbonyl (C=O) groups excluding carboxylic acids is 1. The van der Waals surface area contributed by atoms with E-state index in [9.17, 15) is 4.79 Å². The third-order valence-corrected chi connectivity index (χ3v) is 2.47. The van der Waals surface area contributed by atoms with Crippen LogP contribution < -0.4 is 11.1 Å². The number of hydrogen-bond donors (Lipinski definition) is 2. The van der Waals surface area contributed by atoms with Crippen molar-refractivity contribution < 1.29 is 9.53 Å². The van der Waals surface area contributed by atoms with Crippen molar-refractivity contribution in [2.75, 3.05) is 18.9 Å². The molecule has 0 bridgehead atoms. The molecule has 0 heterocycles. The van der Waals surface area contributed by atoms with Gasteiger partial charge in [-0.15, -0.1) is 0 Å². The van der Waals surface area contributed by atoms with Gasteiger partial charge >= 0.3 is 0 Å². The molecular weight excluding hydrogens is 228 g/mol. The van der Waals surface area contributed by atoms with Crippen molar-refractivity contribution >= 4 is 11.6 Å². The summed E-state index contributed by atoms with van der Waals surface area (Å²) in [4.78, 5) is 11.5. The van der Waals surface area contributed by atoms with Crippen molar-refractivity contribution in [3.63, 3.8) is 0 Å². The lowest BCUT2D eigenvalue weighted by atomic mass is 10.1. The summed E-state index contributed by atoms with van der Waals surface area (Å²) in [5.74, 6) is 0.0519. The fraction of sp³-hybridized carbons (Fsp3) is 0.357. The van der Waals surface area contributed by atoms with Crippen LogP contribution in [0.15, 0.2) is 37.1 Å². The second-order valence-electron chi connectivity index (χ2n) is 3.99. The van der Waals surface area contributed by atoms with Crippen LogP contribution in [0.5, 0.6) is 0 Å². The average molecular weight is 248 g/mol. The third-order valence-electron chi connectivity index (χ3n) is 2.47. The lowest BCUT2D eigenvalue weighted by Gasteiger charge is -2.05. The number of benzene rings is 1. The van der Waals surface area contributed by atoms with E-state index >= 15 is 0 Å². The highest BCUT2D eigenvalue weighted by Crippen LogP contribution is 2.08. The summed E-state index contributed by atoms with van der Waals surface area (Å²) >= 11 is 0. The molecule has 1 aromatic carbocycles. The van der Waals surface area contributed by atoms with Crippen molar-refractivity contribution in [1.29, 1.82) is 0 Å². The Morgan fingerprint density at radius 3 is 3.06 bits per heavy atom. The minimum absolute atomic E-state index is 0.0519. The Balaban J connectivity index is 2.15. The van der Waals surface area contributed by atoms with Crippen LogP contribution in [0.25, 0.3) is 0 Å². The van der Waals surface area contributed by atoms with Crippen LogP contribution in [0.4, 0.5) is 5.69 Å². The maximum Gasteiger partial charge on any atom is 0.220 e. The van der Waals surface area contributed by atoms with Gasteiger partial charge in [0.15, 0.2) is 0 Å². The average Bonchev–Trinajstić information content (AvgIpc) is 2.36. The van der Waals surface area contributed by atoms with E-state index in [1.807, 2.05) is 24.3 Å². The van der Waals surface area contributed by atoms with Crippen LogP contribution in [0.3, 0.4) is 0 Å². The summed E-state index contributed by atoms with van der Waals surface area (Å²) in [5.41, 5.74) is 7.48. The number of hydrogen-bond acceptors (Lipinski definition) is 3. The molecule has 0 aromatic heterocycles. The molecule has 1 amide bonds. The second kappa shape index (κ2) is 8.17. The zero-order valence-electron chi connectivity index (χ0n) is 10.5. The molecule has 0 fully saturated rings. The first kappa shape index (κ1) is 14.1. The highest BCUT2D eigenvalue weighted by atomic mass is 16.5. The number of anilines is 1. The van der Waals surface area contributed by atoms with E-state index in [1.165, 1.54) is 6.26 Å². The van der Waals surface area contributed by atoms with Crippen LogP contribution in [-0.4, -0.2) is 19.1 Å². The summed E-state index contributed by atoms with van der Waals surface area (Å²) < 4.78 is 4.96. The summed E-state index contributed by atoms with van der Waals surface area (Å²) in [6.45, 7) is 4.65. The number of rotatable bonds is 8. The van der Waals surface area contributed by atoms with Gasteiger partial charge in [-0.25, -0.2) is 0 Å². The van der Waals surface area contributed by atoms with Crippen LogP contribution in [-0.2, 0) is 16.0 Å². The molecule has 0 saturated carbocycles. The number of nitrogens with one attached hydrogen (secondary N) is 1. The Bertz CT molecular complexity index is 391. The van der Waals surface area contributed by atoms with Gasteiger partial charge in [0.2, 0.25) is 5.91 Å². The van der Waals surface area contributed by atoms with Gasteiger partial charge in [-0.2, -0.15) is 0 Å². The number of carbonyl (C=O) groups is 1. The molecule has 3 N–H and O–H groups in total. The Kier molecular flexibility index (Phi) is 6.40. The maximum atomic E-state index is 11.5. The first-order valence-electron chi connectivity index (χ1n) is 6.06. The number of ether oxygens (including phenoxy) is 1. The molecule has 0 spiro atoms. The predicted molar refractivity (Wildman–Crippen MR) is 73.0 cm³/mol. The van der Waals surface area contributed by atoms with Crippen molar-refractivity contribution in [2.24, 2.45) is 0 Å². The van der Waals surface area contributed by atoms with Gasteiger partial charge in [-0.3, -0.25) is 4.79 Å². The van der Waals surface area contributed by atoms with Gasteiger partial charge in [-0.1, -0.05) is 18.7 Å². The highest BCUT2D eigenvalue weighted by molar-refractivity contribution is 5.76. The second-order valence-corrected chi connectivity index (χ2v) is 3.99. The molecule has 0 unspecified atom stereocenters. The Morgan fingerprint density at radius 1 is 1.50 bits per heavy atom. The molecule has 98 valence electrons. The first-order chi connectivity index (χ1) is 8.72. The zero-order valence-corrected chi connectivity index (χ0v) is 10.5. The molecule has 0 aliphatic heterocycles. The zero-order chi connectivity index (χ0) is 13.2. The molecular formula is C14H20N2O2. The number of aryl methyl sites for hydroxylation is 1. The monoisotopic (exact) mass is 248 g/mol. The molecule has 0 saturated heterocycles. The van der Waals surface area contributed by atoms with Crippen LogP contribution in [0.1, 0.15) is 18.4 Å². The quantitative estimate of drug-likeness (QED) is 0.419. The molecule has 0 atom stereocenters. The summed E-state index contributed by atoms with van der Waals surface area (Å²) in [5, 5.41) is 2.84. The molecule has 0 aliphatic carbocycles. The van der Waals surface area contributed by atoms with E-state index in [1.54, 1.807) is 0 Å². The minimum atomic E-state index is 0.0519.